The molecule has 1 aromatic heterocycles. The molecule has 176 valence electrons. The first-order chi connectivity index (χ1) is 15.4. The number of rotatable bonds is 11. The molecule has 1 amide bonds. The number of hydrogen-bond donors (Lipinski definition) is 1. The maximum Gasteiger partial charge on any atom is 0.237 e. The van der Waals surface area contributed by atoms with Crippen LogP contribution in [0.15, 0.2) is 35.7 Å². The lowest BCUT2D eigenvalue weighted by Crippen LogP contribution is -2.47. The van der Waals surface area contributed by atoms with Crippen LogP contribution in [-0.2, 0) is 11.2 Å². The van der Waals surface area contributed by atoms with Crippen LogP contribution in [0, 0.1) is 0 Å². The number of thiophene rings is 1. The lowest BCUT2D eigenvalue weighted by Gasteiger charge is -2.37. The van der Waals surface area contributed by atoms with Gasteiger partial charge in [0.1, 0.15) is 12.4 Å². The monoisotopic (exact) mass is 458 g/mol. The quantitative estimate of drug-likeness (QED) is 0.523. The van der Waals surface area contributed by atoms with Crippen molar-refractivity contribution >= 4 is 17.2 Å². The summed E-state index contributed by atoms with van der Waals surface area (Å²) in [5, 5.41) is 12.3. The predicted octanol–water partition coefficient (Wildman–Crippen LogP) is 4.86. The average molecular weight is 459 g/mol. The Kier molecular flexibility index (Phi) is 9.14. The highest BCUT2D eigenvalue weighted by Gasteiger charge is 2.32. The molecule has 2 unspecified atom stereocenters. The third-order valence-corrected chi connectivity index (χ3v) is 7.26. The van der Waals surface area contributed by atoms with E-state index in [1.165, 1.54) is 16.0 Å². The summed E-state index contributed by atoms with van der Waals surface area (Å²) in [6.45, 7) is 11.2. The van der Waals surface area contributed by atoms with Crippen molar-refractivity contribution in [3.8, 4) is 5.75 Å². The number of aliphatic hydroxyl groups is 1. The molecule has 0 bridgehead atoms. The molecular weight excluding hydrogens is 420 g/mol. The summed E-state index contributed by atoms with van der Waals surface area (Å²) in [6.07, 6.45) is 2.21. The normalized spacial score (nSPS) is 17.0. The van der Waals surface area contributed by atoms with Crippen LogP contribution in [-0.4, -0.2) is 59.7 Å². The molecule has 2 heterocycles. The van der Waals surface area contributed by atoms with Crippen molar-refractivity contribution in [2.24, 2.45) is 0 Å². The number of fused-ring (bicyclic) bond motifs is 1. The molecule has 6 heteroatoms. The molecule has 1 aromatic carbocycles. The summed E-state index contributed by atoms with van der Waals surface area (Å²) in [7, 11) is 0. The van der Waals surface area contributed by atoms with Crippen LogP contribution in [0.1, 0.15) is 68.5 Å². The van der Waals surface area contributed by atoms with E-state index in [9.17, 15) is 9.90 Å². The molecule has 32 heavy (non-hydrogen) atoms. The second kappa shape index (κ2) is 11.8. The lowest BCUT2D eigenvalue weighted by molar-refractivity contribution is -0.136. The van der Waals surface area contributed by atoms with Crippen LogP contribution >= 0.6 is 11.3 Å². The zero-order valence-corrected chi connectivity index (χ0v) is 20.7. The van der Waals surface area contributed by atoms with E-state index in [0.29, 0.717) is 32.2 Å². The van der Waals surface area contributed by atoms with Crippen LogP contribution in [0.5, 0.6) is 5.75 Å². The van der Waals surface area contributed by atoms with E-state index in [-0.39, 0.29) is 18.1 Å². The Labute approximate surface area is 197 Å². The first kappa shape index (κ1) is 24.7. The molecule has 1 aliphatic rings. The summed E-state index contributed by atoms with van der Waals surface area (Å²) in [5.41, 5.74) is 2.50. The van der Waals surface area contributed by atoms with Crippen molar-refractivity contribution in [2.75, 3.05) is 32.8 Å². The maximum atomic E-state index is 13.3. The van der Waals surface area contributed by atoms with Crippen molar-refractivity contribution in [3.63, 3.8) is 0 Å². The zero-order valence-electron chi connectivity index (χ0n) is 19.9. The number of nitrogens with zero attached hydrogens (tertiary/aromatic N) is 2. The van der Waals surface area contributed by atoms with Crippen molar-refractivity contribution < 1.29 is 14.6 Å². The Balaban J connectivity index is 1.69. The van der Waals surface area contributed by atoms with E-state index in [2.05, 4.69) is 44.4 Å². The van der Waals surface area contributed by atoms with Crippen LogP contribution in [0.25, 0.3) is 0 Å². The van der Waals surface area contributed by atoms with Gasteiger partial charge >= 0.3 is 0 Å². The number of ether oxygens (including phenoxy) is 1. The minimum atomic E-state index is -0.384. The molecule has 0 fully saturated rings. The number of carbonyl (C=O) groups excluding carboxylic acids is 1. The van der Waals surface area contributed by atoms with Gasteiger partial charge in [0.05, 0.1) is 18.7 Å². The van der Waals surface area contributed by atoms with Gasteiger partial charge in [-0.15, -0.1) is 11.3 Å². The molecule has 0 saturated heterocycles. The number of benzene rings is 1. The highest BCUT2D eigenvalue weighted by Crippen LogP contribution is 2.34. The number of likely N-dealkylation sites (N-methyl/N-ethyl adjacent to an activating group) is 1. The molecule has 5 nitrogen and oxygen atoms in total. The van der Waals surface area contributed by atoms with Crippen molar-refractivity contribution in [2.45, 2.75) is 65.0 Å². The van der Waals surface area contributed by atoms with Gasteiger partial charge in [-0.2, -0.15) is 0 Å². The van der Waals surface area contributed by atoms with E-state index in [4.69, 9.17) is 4.74 Å². The van der Waals surface area contributed by atoms with Gasteiger partial charge in [-0.3, -0.25) is 9.69 Å². The summed E-state index contributed by atoms with van der Waals surface area (Å²) in [4.78, 5) is 18.7. The smallest absolute Gasteiger partial charge is 0.237 e. The number of aliphatic hydroxyl groups excluding tert-OH is 1. The van der Waals surface area contributed by atoms with Crippen molar-refractivity contribution in [3.05, 3.63) is 51.7 Å². The second-order valence-corrected chi connectivity index (χ2v) is 9.96. The number of amides is 1. The van der Waals surface area contributed by atoms with Crippen LogP contribution in [0.2, 0.25) is 0 Å². The Hall–Kier alpha value is -1.89. The van der Waals surface area contributed by atoms with Gasteiger partial charge in [-0.1, -0.05) is 46.2 Å². The molecule has 2 aromatic rings. The van der Waals surface area contributed by atoms with Gasteiger partial charge in [-0.05, 0) is 60.0 Å². The van der Waals surface area contributed by atoms with E-state index in [1.54, 1.807) is 11.3 Å². The highest BCUT2D eigenvalue weighted by atomic mass is 32.1. The molecule has 0 aliphatic carbocycles. The van der Waals surface area contributed by atoms with Crippen LogP contribution in [0.4, 0.5) is 0 Å². The molecule has 0 radical (unpaired) electrons. The maximum absolute atomic E-state index is 13.3. The summed E-state index contributed by atoms with van der Waals surface area (Å²) in [5.74, 6) is 1.43. The first-order valence-corrected chi connectivity index (χ1v) is 12.8. The Morgan fingerprint density at radius 3 is 2.66 bits per heavy atom. The molecule has 0 saturated carbocycles. The average Bonchev–Trinajstić information content (AvgIpc) is 3.26. The predicted molar refractivity (Wildman–Crippen MR) is 132 cm³/mol. The van der Waals surface area contributed by atoms with Gasteiger partial charge in [0, 0.05) is 18.0 Å². The van der Waals surface area contributed by atoms with E-state index in [0.717, 1.165) is 31.6 Å². The first-order valence-electron chi connectivity index (χ1n) is 11.9. The molecular formula is C26H38N2O3S. The molecule has 2 atom stereocenters. The van der Waals surface area contributed by atoms with E-state index < -0.39 is 0 Å². The summed E-state index contributed by atoms with van der Waals surface area (Å²) >= 11 is 1.76. The molecule has 1 N–H and O–H groups in total. The van der Waals surface area contributed by atoms with Crippen molar-refractivity contribution in [1.82, 2.24) is 9.80 Å². The van der Waals surface area contributed by atoms with Gasteiger partial charge in [0.25, 0.3) is 0 Å². The van der Waals surface area contributed by atoms with Gasteiger partial charge < -0.3 is 14.7 Å². The van der Waals surface area contributed by atoms with Crippen molar-refractivity contribution in [1.29, 1.82) is 0 Å². The topological polar surface area (TPSA) is 53.0 Å². The third-order valence-electron chi connectivity index (χ3n) is 6.27. The fraction of sp³-hybridized carbons (Fsp3) is 0.577. The third kappa shape index (κ3) is 6.33. The highest BCUT2D eigenvalue weighted by molar-refractivity contribution is 7.10. The largest absolute Gasteiger partial charge is 0.491 e. The van der Waals surface area contributed by atoms with Crippen LogP contribution < -0.4 is 4.74 Å². The van der Waals surface area contributed by atoms with E-state index >= 15 is 0 Å². The minimum absolute atomic E-state index is 0.0819. The van der Waals surface area contributed by atoms with E-state index in [1.807, 2.05) is 28.9 Å². The zero-order chi connectivity index (χ0) is 23.1. The number of hydrogen-bond acceptors (Lipinski definition) is 5. The Morgan fingerprint density at radius 1 is 1.25 bits per heavy atom. The van der Waals surface area contributed by atoms with Gasteiger partial charge in [0.2, 0.25) is 5.91 Å². The second-order valence-electron chi connectivity index (χ2n) is 8.96. The van der Waals surface area contributed by atoms with Gasteiger partial charge in [0.15, 0.2) is 0 Å². The standard InChI is InChI=1S/C26H38N2O3S/c1-5-7-21(29)16-27(6-2)17-26(30)28-14-12-25-23(13-15-32-25)24(28)18-31-22-10-8-20(9-11-22)19(3)4/h8-11,13,15,19,21,24,29H,5-7,12,14,16-18H2,1-4H3. The molecule has 3 rings (SSSR count). The Morgan fingerprint density at radius 2 is 2.00 bits per heavy atom. The summed E-state index contributed by atoms with van der Waals surface area (Å²) in [6, 6.07) is 10.3. The van der Waals surface area contributed by atoms with Crippen LogP contribution in [0.3, 0.4) is 0 Å². The molecule has 1 aliphatic heterocycles. The fourth-order valence-electron chi connectivity index (χ4n) is 4.31. The lowest BCUT2D eigenvalue weighted by atomic mass is 10.00. The minimum Gasteiger partial charge on any atom is -0.491 e. The number of carbonyl (C=O) groups is 1. The summed E-state index contributed by atoms with van der Waals surface area (Å²) < 4.78 is 6.17. The Bertz CT molecular complexity index is 849. The SMILES string of the molecule is CCCC(O)CN(CC)CC(=O)N1CCc2sccc2C1COc1ccc(C(C)C)cc1. The molecule has 0 spiro atoms. The fourth-order valence-corrected chi connectivity index (χ4v) is 5.24. The van der Waals surface area contributed by atoms with Gasteiger partial charge in [-0.25, -0.2) is 0 Å².